The molecule has 0 aliphatic heterocycles. The van der Waals surface area contributed by atoms with Crippen molar-refractivity contribution in [3.05, 3.63) is 0 Å². The van der Waals surface area contributed by atoms with Crippen molar-refractivity contribution in [2.45, 2.75) is 32.6 Å². The van der Waals surface area contributed by atoms with Crippen molar-refractivity contribution in [1.29, 1.82) is 0 Å². The van der Waals surface area contributed by atoms with Crippen molar-refractivity contribution >= 4 is 5.91 Å². The molecule has 0 aromatic carbocycles. The predicted octanol–water partition coefficient (Wildman–Crippen LogP) is 1.39. The van der Waals surface area contributed by atoms with E-state index in [0.717, 1.165) is 30.8 Å². The van der Waals surface area contributed by atoms with Crippen LogP contribution in [-0.4, -0.2) is 26.0 Å². The second kappa shape index (κ2) is 5.17. The molecule has 2 fully saturated rings. The van der Waals surface area contributed by atoms with E-state index in [4.69, 9.17) is 0 Å². The summed E-state index contributed by atoms with van der Waals surface area (Å²) in [6.45, 7) is 3.67. The number of hydrogen-bond acceptors (Lipinski definition) is 2. The Morgan fingerprint density at radius 1 is 1.19 bits per heavy atom. The average molecular weight is 224 g/mol. The first-order valence-electron chi connectivity index (χ1n) is 6.64. The standard InChI is InChI=1S/C13H24N2O/c1-9(7-14-2)13(16)15-8-12(10-3-4-10)11-5-6-11/h9-12,14H,3-8H2,1-2H3,(H,15,16). The van der Waals surface area contributed by atoms with E-state index in [1.807, 2.05) is 14.0 Å². The number of amides is 1. The zero-order valence-electron chi connectivity index (χ0n) is 10.5. The molecule has 3 nitrogen and oxygen atoms in total. The van der Waals surface area contributed by atoms with Crippen LogP contribution in [0, 0.1) is 23.7 Å². The van der Waals surface area contributed by atoms with Crippen molar-refractivity contribution in [2.24, 2.45) is 23.7 Å². The Hall–Kier alpha value is -0.570. The number of nitrogens with one attached hydrogen (secondary N) is 2. The Morgan fingerprint density at radius 2 is 1.75 bits per heavy atom. The Labute approximate surface area is 98.4 Å². The van der Waals surface area contributed by atoms with Crippen LogP contribution in [0.3, 0.4) is 0 Å². The van der Waals surface area contributed by atoms with E-state index in [9.17, 15) is 4.79 Å². The maximum atomic E-state index is 11.8. The molecule has 0 bridgehead atoms. The molecule has 2 saturated carbocycles. The van der Waals surface area contributed by atoms with Crippen LogP contribution in [0.25, 0.3) is 0 Å². The molecule has 0 aromatic rings. The van der Waals surface area contributed by atoms with Crippen LogP contribution in [-0.2, 0) is 4.79 Å². The highest BCUT2D eigenvalue weighted by atomic mass is 16.1. The number of hydrogen-bond donors (Lipinski definition) is 2. The molecule has 92 valence electrons. The fraction of sp³-hybridized carbons (Fsp3) is 0.923. The molecule has 1 amide bonds. The van der Waals surface area contributed by atoms with Gasteiger partial charge in [0.25, 0.3) is 0 Å². The summed E-state index contributed by atoms with van der Waals surface area (Å²) >= 11 is 0. The minimum atomic E-state index is 0.0871. The van der Waals surface area contributed by atoms with E-state index in [1.54, 1.807) is 0 Å². The summed E-state index contributed by atoms with van der Waals surface area (Å²) in [5.74, 6) is 2.93. The van der Waals surface area contributed by atoms with Crippen LogP contribution in [0.2, 0.25) is 0 Å². The summed E-state index contributed by atoms with van der Waals surface area (Å²) in [5.41, 5.74) is 0. The Balaban J connectivity index is 1.70. The molecule has 0 heterocycles. The topological polar surface area (TPSA) is 41.1 Å². The minimum absolute atomic E-state index is 0.0871. The quantitative estimate of drug-likeness (QED) is 0.686. The summed E-state index contributed by atoms with van der Waals surface area (Å²) in [7, 11) is 1.89. The molecule has 2 aliphatic rings. The molecule has 0 aromatic heterocycles. The minimum Gasteiger partial charge on any atom is -0.356 e. The monoisotopic (exact) mass is 224 g/mol. The van der Waals surface area contributed by atoms with Gasteiger partial charge in [0.2, 0.25) is 5.91 Å². The van der Waals surface area contributed by atoms with Gasteiger partial charge in [0.1, 0.15) is 0 Å². The Morgan fingerprint density at radius 3 is 2.19 bits per heavy atom. The SMILES string of the molecule is CNCC(C)C(=O)NCC(C1CC1)C1CC1. The molecule has 16 heavy (non-hydrogen) atoms. The number of rotatable bonds is 7. The zero-order valence-corrected chi connectivity index (χ0v) is 10.5. The molecular formula is C13H24N2O. The van der Waals surface area contributed by atoms with Crippen LogP contribution in [0.1, 0.15) is 32.6 Å². The van der Waals surface area contributed by atoms with Crippen LogP contribution in [0.5, 0.6) is 0 Å². The van der Waals surface area contributed by atoms with Crippen molar-refractivity contribution in [3.63, 3.8) is 0 Å². The van der Waals surface area contributed by atoms with E-state index >= 15 is 0 Å². The van der Waals surface area contributed by atoms with Crippen LogP contribution in [0.4, 0.5) is 0 Å². The zero-order chi connectivity index (χ0) is 11.5. The third kappa shape index (κ3) is 3.21. The smallest absolute Gasteiger partial charge is 0.224 e. The normalized spacial score (nSPS) is 22.2. The molecule has 1 unspecified atom stereocenters. The second-order valence-corrected chi connectivity index (χ2v) is 5.54. The molecule has 2 N–H and O–H groups in total. The van der Waals surface area contributed by atoms with E-state index in [2.05, 4.69) is 10.6 Å². The summed E-state index contributed by atoms with van der Waals surface area (Å²) < 4.78 is 0. The van der Waals surface area contributed by atoms with Gasteiger partial charge < -0.3 is 10.6 Å². The third-order valence-corrected chi connectivity index (χ3v) is 3.92. The molecule has 0 radical (unpaired) electrons. The van der Waals surface area contributed by atoms with E-state index in [1.165, 1.54) is 25.7 Å². The Kier molecular flexibility index (Phi) is 3.85. The van der Waals surface area contributed by atoms with Crippen LogP contribution in [0.15, 0.2) is 0 Å². The third-order valence-electron chi connectivity index (χ3n) is 3.92. The highest BCUT2D eigenvalue weighted by Gasteiger charge is 2.41. The van der Waals surface area contributed by atoms with Crippen molar-refractivity contribution in [1.82, 2.24) is 10.6 Å². The molecule has 2 rings (SSSR count). The maximum Gasteiger partial charge on any atom is 0.224 e. The molecule has 0 saturated heterocycles. The molecule has 3 heteroatoms. The number of carbonyl (C=O) groups excluding carboxylic acids is 1. The first kappa shape index (κ1) is 11.9. The van der Waals surface area contributed by atoms with Crippen LogP contribution < -0.4 is 10.6 Å². The lowest BCUT2D eigenvalue weighted by molar-refractivity contribution is -0.124. The predicted molar refractivity (Wildman–Crippen MR) is 65.0 cm³/mol. The summed E-state index contributed by atoms with van der Waals surface area (Å²) in [6.07, 6.45) is 5.57. The van der Waals surface area contributed by atoms with Crippen LogP contribution >= 0.6 is 0 Å². The Bertz CT molecular complexity index is 234. The summed E-state index contributed by atoms with van der Waals surface area (Å²) in [4.78, 5) is 11.8. The lowest BCUT2D eigenvalue weighted by Crippen LogP contribution is -2.37. The van der Waals surface area contributed by atoms with E-state index < -0.39 is 0 Å². The van der Waals surface area contributed by atoms with Gasteiger partial charge in [-0.15, -0.1) is 0 Å². The second-order valence-electron chi connectivity index (χ2n) is 5.54. The van der Waals surface area contributed by atoms with Gasteiger partial charge in [-0.2, -0.15) is 0 Å². The van der Waals surface area contributed by atoms with Crippen molar-refractivity contribution in [3.8, 4) is 0 Å². The highest BCUT2D eigenvalue weighted by Crippen LogP contribution is 2.48. The lowest BCUT2D eigenvalue weighted by atomic mass is 9.97. The molecule has 0 spiro atoms. The average Bonchev–Trinajstić information content (AvgIpc) is 3.12. The summed E-state index contributed by atoms with van der Waals surface area (Å²) in [6, 6.07) is 0. The van der Waals surface area contributed by atoms with Crippen molar-refractivity contribution < 1.29 is 4.79 Å². The number of carbonyl (C=O) groups is 1. The van der Waals surface area contributed by atoms with Gasteiger partial charge in [-0.25, -0.2) is 0 Å². The fourth-order valence-electron chi connectivity index (χ4n) is 2.56. The van der Waals surface area contributed by atoms with Gasteiger partial charge in [0.05, 0.1) is 0 Å². The lowest BCUT2D eigenvalue weighted by Gasteiger charge is -2.18. The van der Waals surface area contributed by atoms with Gasteiger partial charge in [0.15, 0.2) is 0 Å². The first-order valence-corrected chi connectivity index (χ1v) is 6.64. The van der Waals surface area contributed by atoms with Gasteiger partial charge in [-0.05, 0) is 50.5 Å². The van der Waals surface area contributed by atoms with Crippen molar-refractivity contribution in [2.75, 3.05) is 20.1 Å². The first-order chi connectivity index (χ1) is 7.72. The highest BCUT2D eigenvalue weighted by molar-refractivity contribution is 5.78. The largest absolute Gasteiger partial charge is 0.356 e. The van der Waals surface area contributed by atoms with Gasteiger partial charge >= 0.3 is 0 Å². The molecule has 1 atom stereocenters. The van der Waals surface area contributed by atoms with E-state index in [-0.39, 0.29) is 11.8 Å². The van der Waals surface area contributed by atoms with Gasteiger partial charge in [-0.1, -0.05) is 6.92 Å². The molecule has 2 aliphatic carbocycles. The maximum absolute atomic E-state index is 11.8. The van der Waals surface area contributed by atoms with E-state index in [0.29, 0.717) is 0 Å². The molecular weight excluding hydrogens is 200 g/mol. The van der Waals surface area contributed by atoms with Gasteiger partial charge in [-0.3, -0.25) is 4.79 Å². The van der Waals surface area contributed by atoms with Gasteiger partial charge in [0, 0.05) is 19.0 Å². The fourth-order valence-corrected chi connectivity index (χ4v) is 2.56. The summed E-state index contributed by atoms with van der Waals surface area (Å²) in [5, 5.41) is 6.18.